The van der Waals surface area contributed by atoms with Crippen LogP contribution in [0.25, 0.3) is 0 Å². The van der Waals surface area contributed by atoms with E-state index in [0.29, 0.717) is 36.7 Å². The Labute approximate surface area is 169 Å². The van der Waals surface area contributed by atoms with Gasteiger partial charge in [0.1, 0.15) is 23.9 Å². The fourth-order valence-corrected chi connectivity index (χ4v) is 3.93. The molecule has 7 heteroatoms. The normalized spacial score (nSPS) is 14.8. The Kier molecular flexibility index (Phi) is 6.80. The third-order valence-electron chi connectivity index (χ3n) is 5.08. The number of hydrogen-bond acceptors (Lipinski definition) is 4. The highest BCUT2D eigenvalue weighted by Crippen LogP contribution is 2.26. The number of benzene rings is 2. The molecule has 1 aliphatic heterocycles. The predicted molar refractivity (Wildman–Crippen MR) is 108 cm³/mol. The molecule has 0 saturated carbocycles. The Balaban J connectivity index is 1.64. The van der Waals surface area contributed by atoms with Crippen LogP contribution in [0.2, 0.25) is 0 Å². The first-order chi connectivity index (χ1) is 13.5. The molecule has 2 aromatic rings. The second kappa shape index (κ2) is 9.30. The molecule has 5 nitrogen and oxygen atoms in total. The Bertz CT molecular complexity index is 838. The van der Waals surface area contributed by atoms with Crippen molar-refractivity contribution in [3.8, 4) is 11.5 Å². The Morgan fingerprint density at radius 1 is 1.11 bits per heavy atom. The monoisotopic (exact) mass is 405 g/mol. The molecule has 0 bridgehead atoms. The van der Waals surface area contributed by atoms with Crippen LogP contribution in [0.3, 0.4) is 0 Å². The van der Waals surface area contributed by atoms with Crippen LogP contribution < -0.4 is 14.4 Å². The van der Waals surface area contributed by atoms with Crippen molar-refractivity contribution in [3.63, 3.8) is 0 Å². The van der Waals surface area contributed by atoms with Gasteiger partial charge in [-0.05, 0) is 42.7 Å². The Morgan fingerprint density at radius 2 is 1.82 bits per heavy atom. The fraction of sp³-hybridized carbons (Fsp3) is 0.381. The molecule has 1 N–H and O–H groups in total. The Morgan fingerprint density at radius 3 is 2.46 bits per heavy atom. The van der Waals surface area contributed by atoms with E-state index in [4.69, 9.17) is 9.47 Å². The zero-order valence-corrected chi connectivity index (χ0v) is 17.3. The minimum atomic E-state index is -0.259. The maximum atomic E-state index is 13.6. The summed E-state index contributed by atoms with van der Waals surface area (Å²) in [6.07, 6.45) is 1.99. The van der Waals surface area contributed by atoms with Gasteiger partial charge in [-0.1, -0.05) is 0 Å². The molecule has 1 saturated heterocycles. The average molecular weight is 406 g/mol. The molecule has 0 unspecified atom stereocenters. The molecule has 1 fully saturated rings. The predicted octanol–water partition coefficient (Wildman–Crippen LogP) is 2.11. The van der Waals surface area contributed by atoms with Gasteiger partial charge in [0.15, 0.2) is 0 Å². The third-order valence-corrected chi connectivity index (χ3v) is 5.81. The minimum Gasteiger partial charge on any atom is -0.496 e. The summed E-state index contributed by atoms with van der Waals surface area (Å²) in [7, 11) is 3.18. The van der Waals surface area contributed by atoms with Gasteiger partial charge in [-0.2, -0.15) is 0 Å². The van der Waals surface area contributed by atoms with Crippen LogP contribution in [-0.2, 0) is 6.54 Å². The molecular formula is C21H26FN2O3S+. The molecule has 0 aliphatic carbocycles. The first-order valence-corrected chi connectivity index (χ1v) is 10.5. The van der Waals surface area contributed by atoms with E-state index < -0.39 is 0 Å². The van der Waals surface area contributed by atoms with E-state index in [1.54, 1.807) is 32.0 Å². The highest BCUT2D eigenvalue weighted by Gasteiger charge is 2.27. The lowest BCUT2D eigenvalue weighted by molar-refractivity contribution is -0.917. The number of methoxy groups -OCH3 is 2. The topological polar surface area (TPSA) is 43.2 Å². The lowest BCUT2D eigenvalue weighted by atomic mass is 10.1. The third kappa shape index (κ3) is 4.59. The number of amides is 1. The summed E-state index contributed by atoms with van der Waals surface area (Å²) in [6, 6.07) is 10.3. The molecule has 0 spiro atoms. The summed E-state index contributed by atoms with van der Waals surface area (Å²) < 4.78 is 24.4. The number of piperazine rings is 1. The maximum Gasteiger partial charge on any atom is 0.258 e. The van der Waals surface area contributed by atoms with E-state index >= 15 is 0 Å². The van der Waals surface area contributed by atoms with Gasteiger partial charge in [-0.25, -0.2) is 4.39 Å². The van der Waals surface area contributed by atoms with Crippen molar-refractivity contribution in [2.45, 2.75) is 11.4 Å². The molecule has 1 aliphatic rings. The SMILES string of the molecule is COc1ccc(F)cc1C[NH+]1CCN(C(=O)c2ccc(SC)cc2OC)CC1. The van der Waals surface area contributed by atoms with Crippen molar-refractivity contribution < 1.29 is 23.6 Å². The zero-order chi connectivity index (χ0) is 20.1. The summed E-state index contributed by atoms with van der Waals surface area (Å²) >= 11 is 1.61. The molecular weight excluding hydrogens is 379 g/mol. The number of halogens is 1. The van der Waals surface area contributed by atoms with E-state index in [-0.39, 0.29) is 11.7 Å². The molecule has 0 aromatic heterocycles. The van der Waals surface area contributed by atoms with Gasteiger partial charge in [0.2, 0.25) is 0 Å². The van der Waals surface area contributed by atoms with Crippen LogP contribution in [0.4, 0.5) is 4.39 Å². The first kappa shape index (κ1) is 20.5. The van der Waals surface area contributed by atoms with Crippen LogP contribution in [0.15, 0.2) is 41.3 Å². The van der Waals surface area contributed by atoms with Gasteiger partial charge >= 0.3 is 0 Å². The van der Waals surface area contributed by atoms with Crippen molar-refractivity contribution in [1.29, 1.82) is 0 Å². The summed E-state index contributed by atoms with van der Waals surface area (Å²) in [6.45, 7) is 3.58. The molecule has 0 radical (unpaired) electrons. The quantitative estimate of drug-likeness (QED) is 0.748. The maximum absolute atomic E-state index is 13.6. The number of rotatable bonds is 6. The number of hydrogen-bond donors (Lipinski definition) is 1. The Hall–Kier alpha value is -2.25. The van der Waals surface area contributed by atoms with Gasteiger partial charge < -0.3 is 19.3 Å². The van der Waals surface area contributed by atoms with E-state index in [1.807, 2.05) is 29.4 Å². The van der Waals surface area contributed by atoms with E-state index in [0.717, 1.165) is 23.5 Å². The number of nitrogens with zero attached hydrogens (tertiary/aromatic N) is 1. The summed E-state index contributed by atoms with van der Waals surface area (Å²) in [4.78, 5) is 17.2. The second-order valence-electron chi connectivity index (χ2n) is 6.74. The average Bonchev–Trinajstić information content (AvgIpc) is 2.73. The lowest BCUT2D eigenvalue weighted by Gasteiger charge is -2.32. The van der Waals surface area contributed by atoms with Gasteiger partial charge in [0.05, 0.1) is 51.5 Å². The molecule has 0 atom stereocenters. The van der Waals surface area contributed by atoms with Gasteiger partial charge in [-0.15, -0.1) is 11.8 Å². The van der Waals surface area contributed by atoms with Gasteiger partial charge in [0.25, 0.3) is 5.91 Å². The van der Waals surface area contributed by atoms with Crippen LogP contribution >= 0.6 is 11.8 Å². The molecule has 2 aromatic carbocycles. The number of carbonyl (C=O) groups is 1. The van der Waals surface area contributed by atoms with Crippen LogP contribution in [0.1, 0.15) is 15.9 Å². The second-order valence-corrected chi connectivity index (χ2v) is 7.62. The fourth-order valence-electron chi connectivity index (χ4n) is 3.50. The highest BCUT2D eigenvalue weighted by atomic mass is 32.2. The molecule has 3 rings (SSSR count). The number of nitrogens with one attached hydrogen (secondary N) is 1. The highest BCUT2D eigenvalue weighted by molar-refractivity contribution is 7.98. The zero-order valence-electron chi connectivity index (χ0n) is 16.5. The number of ether oxygens (including phenoxy) is 2. The molecule has 1 heterocycles. The van der Waals surface area contributed by atoms with E-state index in [2.05, 4.69) is 0 Å². The van der Waals surface area contributed by atoms with Crippen LogP contribution in [-0.4, -0.2) is 57.5 Å². The number of thioether (sulfide) groups is 1. The van der Waals surface area contributed by atoms with Crippen molar-refractivity contribution in [3.05, 3.63) is 53.3 Å². The smallest absolute Gasteiger partial charge is 0.258 e. The molecule has 1 amide bonds. The summed E-state index contributed by atoms with van der Waals surface area (Å²) in [5.41, 5.74) is 1.45. The summed E-state index contributed by atoms with van der Waals surface area (Å²) in [5, 5.41) is 0. The van der Waals surface area contributed by atoms with E-state index in [1.165, 1.54) is 17.0 Å². The van der Waals surface area contributed by atoms with E-state index in [9.17, 15) is 9.18 Å². The number of quaternary nitrogens is 1. The first-order valence-electron chi connectivity index (χ1n) is 9.23. The van der Waals surface area contributed by atoms with Crippen LogP contribution in [0, 0.1) is 5.82 Å². The minimum absolute atomic E-state index is 0.00751. The largest absolute Gasteiger partial charge is 0.496 e. The standard InChI is InChI=1S/C21H25FN2O3S/c1-26-19-7-4-16(22)12-15(19)14-23-8-10-24(11-9-23)21(25)18-6-5-17(28-3)13-20(18)27-2/h4-7,12-13H,8-11,14H2,1-3H3/p+1. The van der Waals surface area contributed by atoms with Crippen molar-refractivity contribution >= 4 is 17.7 Å². The summed E-state index contributed by atoms with van der Waals surface area (Å²) in [5.74, 6) is 1.04. The van der Waals surface area contributed by atoms with Crippen molar-refractivity contribution in [2.24, 2.45) is 0 Å². The van der Waals surface area contributed by atoms with Crippen molar-refractivity contribution in [2.75, 3.05) is 46.7 Å². The van der Waals surface area contributed by atoms with Gasteiger partial charge in [-0.3, -0.25) is 4.79 Å². The van der Waals surface area contributed by atoms with Crippen molar-refractivity contribution in [1.82, 2.24) is 4.90 Å². The molecule has 28 heavy (non-hydrogen) atoms. The molecule has 150 valence electrons. The van der Waals surface area contributed by atoms with Crippen LogP contribution in [0.5, 0.6) is 11.5 Å². The lowest BCUT2D eigenvalue weighted by Crippen LogP contribution is -3.13. The van der Waals surface area contributed by atoms with Gasteiger partial charge in [0, 0.05) is 4.90 Å². The number of carbonyl (C=O) groups excluding carboxylic acids is 1.